The fraction of sp³-hybridized carbons (Fsp3) is 0.385. The molecule has 1 rings (SSSR count). The summed E-state index contributed by atoms with van der Waals surface area (Å²) in [4.78, 5) is 22.1. The SMILES string of the molecule is CCC(C)(Oc1ccc(C=O)cc1)C(=O)OC. The first-order chi connectivity index (χ1) is 8.05. The second-order valence-corrected chi connectivity index (χ2v) is 3.86. The molecule has 0 bridgehead atoms. The minimum atomic E-state index is -1.00. The maximum absolute atomic E-state index is 11.6. The predicted molar refractivity (Wildman–Crippen MR) is 63.2 cm³/mol. The molecule has 0 radical (unpaired) electrons. The summed E-state index contributed by atoms with van der Waals surface area (Å²) in [5.41, 5.74) is -0.439. The van der Waals surface area contributed by atoms with Gasteiger partial charge in [-0.25, -0.2) is 4.79 Å². The summed E-state index contributed by atoms with van der Waals surface area (Å²) in [5, 5.41) is 0. The summed E-state index contributed by atoms with van der Waals surface area (Å²) < 4.78 is 10.3. The van der Waals surface area contributed by atoms with Crippen LogP contribution in [0.5, 0.6) is 5.75 Å². The van der Waals surface area contributed by atoms with Crippen LogP contribution >= 0.6 is 0 Å². The Balaban J connectivity index is 2.86. The number of ether oxygens (including phenoxy) is 2. The molecule has 17 heavy (non-hydrogen) atoms. The first-order valence-corrected chi connectivity index (χ1v) is 5.38. The van der Waals surface area contributed by atoms with E-state index < -0.39 is 11.6 Å². The number of methoxy groups -OCH3 is 1. The van der Waals surface area contributed by atoms with Crippen LogP contribution < -0.4 is 4.74 Å². The Kier molecular flexibility index (Phi) is 4.26. The van der Waals surface area contributed by atoms with Crippen molar-refractivity contribution in [1.29, 1.82) is 0 Å². The molecule has 0 saturated carbocycles. The molecule has 92 valence electrons. The van der Waals surface area contributed by atoms with Crippen LogP contribution in [0.4, 0.5) is 0 Å². The summed E-state index contributed by atoms with van der Waals surface area (Å²) in [6.45, 7) is 3.52. The number of esters is 1. The van der Waals surface area contributed by atoms with E-state index in [9.17, 15) is 9.59 Å². The van der Waals surface area contributed by atoms with E-state index in [0.717, 1.165) is 6.29 Å². The Bertz CT molecular complexity index is 396. The number of hydrogen-bond acceptors (Lipinski definition) is 4. The Hall–Kier alpha value is -1.84. The molecule has 0 aromatic heterocycles. The zero-order valence-electron chi connectivity index (χ0n) is 10.2. The fourth-order valence-electron chi connectivity index (χ4n) is 1.35. The minimum absolute atomic E-state index is 0.417. The molecular formula is C13H16O4. The highest BCUT2D eigenvalue weighted by molar-refractivity contribution is 5.79. The molecule has 1 atom stereocenters. The second-order valence-electron chi connectivity index (χ2n) is 3.86. The van der Waals surface area contributed by atoms with Gasteiger partial charge >= 0.3 is 5.97 Å². The Morgan fingerprint density at radius 2 is 1.94 bits per heavy atom. The Morgan fingerprint density at radius 1 is 1.35 bits per heavy atom. The van der Waals surface area contributed by atoms with Crippen LogP contribution in [0, 0.1) is 0 Å². The summed E-state index contributed by atoms with van der Waals surface area (Å²) in [7, 11) is 1.33. The lowest BCUT2D eigenvalue weighted by Gasteiger charge is -2.26. The molecule has 0 amide bonds. The third-order valence-electron chi connectivity index (χ3n) is 2.65. The summed E-state index contributed by atoms with van der Waals surface area (Å²) in [6, 6.07) is 6.58. The van der Waals surface area contributed by atoms with Gasteiger partial charge in [-0.2, -0.15) is 0 Å². The van der Waals surface area contributed by atoms with Crippen LogP contribution in [-0.4, -0.2) is 25.0 Å². The van der Waals surface area contributed by atoms with Crippen LogP contribution in [-0.2, 0) is 9.53 Å². The van der Waals surface area contributed by atoms with E-state index in [2.05, 4.69) is 0 Å². The quantitative estimate of drug-likeness (QED) is 0.581. The number of hydrogen-bond donors (Lipinski definition) is 0. The predicted octanol–water partition coefficient (Wildman–Crippen LogP) is 2.22. The van der Waals surface area contributed by atoms with Crippen molar-refractivity contribution in [2.45, 2.75) is 25.9 Å². The molecule has 0 aliphatic heterocycles. The standard InChI is InChI=1S/C13H16O4/c1-4-13(2,12(15)16-3)17-11-7-5-10(9-14)6-8-11/h5-9H,4H2,1-3H3. The van der Waals surface area contributed by atoms with E-state index in [1.807, 2.05) is 6.92 Å². The van der Waals surface area contributed by atoms with Crippen LogP contribution in [0.3, 0.4) is 0 Å². The fourth-order valence-corrected chi connectivity index (χ4v) is 1.35. The average molecular weight is 236 g/mol. The van der Waals surface area contributed by atoms with E-state index in [4.69, 9.17) is 9.47 Å². The molecule has 1 unspecified atom stereocenters. The van der Waals surface area contributed by atoms with Crippen molar-refractivity contribution in [2.24, 2.45) is 0 Å². The monoisotopic (exact) mass is 236 g/mol. The first-order valence-electron chi connectivity index (χ1n) is 5.38. The van der Waals surface area contributed by atoms with Gasteiger partial charge in [-0.3, -0.25) is 4.79 Å². The number of carbonyl (C=O) groups excluding carboxylic acids is 2. The maximum atomic E-state index is 11.6. The molecule has 4 heteroatoms. The first kappa shape index (κ1) is 13.2. The van der Waals surface area contributed by atoms with Crippen LogP contribution in [0.25, 0.3) is 0 Å². The lowest BCUT2D eigenvalue weighted by molar-refractivity contribution is -0.157. The number of benzene rings is 1. The van der Waals surface area contributed by atoms with Crippen molar-refractivity contribution < 1.29 is 19.1 Å². The van der Waals surface area contributed by atoms with Crippen molar-refractivity contribution >= 4 is 12.3 Å². The molecule has 0 N–H and O–H groups in total. The van der Waals surface area contributed by atoms with E-state index in [0.29, 0.717) is 17.7 Å². The van der Waals surface area contributed by atoms with Gasteiger partial charge in [0.05, 0.1) is 7.11 Å². The molecule has 1 aromatic carbocycles. The van der Waals surface area contributed by atoms with Gasteiger partial charge in [0.25, 0.3) is 0 Å². The van der Waals surface area contributed by atoms with Gasteiger partial charge in [-0.15, -0.1) is 0 Å². The zero-order chi connectivity index (χ0) is 12.9. The molecular weight excluding hydrogens is 220 g/mol. The van der Waals surface area contributed by atoms with Gasteiger partial charge in [0.15, 0.2) is 0 Å². The molecule has 0 aliphatic carbocycles. The zero-order valence-corrected chi connectivity index (χ0v) is 10.2. The van der Waals surface area contributed by atoms with E-state index in [-0.39, 0.29) is 0 Å². The van der Waals surface area contributed by atoms with Crippen LogP contribution in [0.2, 0.25) is 0 Å². The highest BCUT2D eigenvalue weighted by Crippen LogP contribution is 2.22. The highest BCUT2D eigenvalue weighted by Gasteiger charge is 2.34. The average Bonchev–Trinajstić information content (AvgIpc) is 2.38. The molecule has 0 heterocycles. The number of carbonyl (C=O) groups is 2. The largest absolute Gasteiger partial charge is 0.476 e. The Morgan fingerprint density at radius 3 is 2.35 bits per heavy atom. The van der Waals surface area contributed by atoms with Gasteiger partial charge in [0, 0.05) is 5.56 Å². The van der Waals surface area contributed by atoms with Crippen LogP contribution in [0.15, 0.2) is 24.3 Å². The van der Waals surface area contributed by atoms with E-state index >= 15 is 0 Å². The van der Waals surface area contributed by atoms with Crippen molar-refractivity contribution in [2.75, 3.05) is 7.11 Å². The van der Waals surface area contributed by atoms with Gasteiger partial charge < -0.3 is 9.47 Å². The van der Waals surface area contributed by atoms with Gasteiger partial charge in [0.2, 0.25) is 5.60 Å². The summed E-state index contributed by atoms with van der Waals surface area (Å²) in [5.74, 6) is 0.116. The van der Waals surface area contributed by atoms with Crippen LogP contribution in [0.1, 0.15) is 30.6 Å². The number of aldehydes is 1. The minimum Gasteiger partial charge on any atom is -0.476 e. The maximum Gasteiger partial charge on any atom is 0.349 e. The van der Waals surface area contributed by atoms with Gasteiger partial charge in [-0.05, 0) is 37.6 Å². The molecule has 0 saturated heterocycles. The summed E-state index contributed by atoms with van der Waals surface area (Å²) in [6.07, 6.45) is 1.25. The molecule has 0 spiro atoms. The smallest absolute Gasteiger partial charge is 0.349 e. The second kappa shape index (κ2) is 5.48. The van der Waals surface area contributed by atoms with Crippen molar-refractivity contribution in [3.63, 3.8) is 0 Å². The molecule has 1 aromatic rings. The third-order valence-corrected chi connectivity index (χ3v) is 2.65. The molecule has 0 aliphatic rings. The van der Waals surface area contributed by atoms with Crippen molar-refractivity contribution in [3.05, 3.63) is 29.8 Å². The van der Waals surface area contributed by atoms with Gasteiger partial charge in [0.1, 0.15) is 12.0 Å². The van der Waals surface area contributed by atoms with Gasteiger partial charge in [-0.1, -0.05) is 6.92 Å². The third kappa shape index (κ3) is 3.06. The van der Waals surface area contributed by atoms with E-state index in [1.54, 1.807) is 31.2 Å². The normalized spacial score (nSPS) is 13.6. The molecule has 0 fully saturated rings. The van der Waals surface area contributed by atoms with Crippen molar-refractivity contribution in [3.8, 4) is 5.75 Å². The Labute approximate surface area is 101 Å². The molecule has 4 nitrogen and oxygen atoms in total. The lowest BCUT2D eigenvalue weighted by atomic mass is 10.0. The number of rotatable bonds is 5. The van der Waals surface area contributed by atoms with Crippen molar-refractivity contribution in [1.82, 2.24) is 0 Å². The van der Waals surface area contributed by atoms with E-state index in [1.165, 1.54) is 7.11 Å². The highest BCUT2D eigenvalue weighted by atomic mass is 16.6. The summed E-state index contributed by atoms with van der Waals surface area (Å²) >= 11 is 0. The lowest BCUT2D eigenvalue weighted by Crippen LogP contribution is -2.41. The topological polar surface area (TPSA) is 52.6 Å².